The highest BCUT2D eigenvalue weighted by molar-refractivity contribution is 9.10. The average molecular weight is 342 g/mol. The quantitative estimate of drug-likeness (QED) is 0.827. The molecule has 0 aromatic heterocycles. The van der Waals surface area contributed by atoms with Gasteiger partial charge in [0.1, 0.15) is 5.75 Å². The zero-order valence-electron chi connectivity index (χ0n) is 11.3. The van der Waals surface area contributed by atoms with Crippen molar-refractivity contribution < 1.29 is 14.6 Å². The van der Waals surface area contributed by atoms with E-state index < -0.39 is 6.10 Å². The number of ether oxygens (including phenoxy) is 1. The number of nitrogens with one attached hydrogen (secondary N) is 1. The van der Waals surface area contributed by atoms with Gasteiger partial charge in [-0.3, -0.25) is 4.79 Å². The minimum absolute atomic E-state index is 0.0281. The third-order valence-corrected chi connectivity index (χ3v) is 3.99. The second-order valence-electron chi connectivity index (χ2n) is 5.13. The summed E-state index contributed by atoms with van der Waals surface area (Å²) in [5.74, 6) is 0.465. The Morgan fingerprint density at radius 2 is 2.15 bits per heavy atom. The minimum Gasteiger partial charge on any atom is -0.484 e. The van der Waals surface area contributed by atoms with Gasteiger partial charge in [0.2, 0.25) is 0 Å². The van der Waals surface area contributed by atoms with E-state index in [4.69, 9.17) is 4.74 Å². The predicted molar refractivity (Wildman–Crippen MR) is 80.7 cm³/mol. The van der Waals surface area contributed by atoms with Gasteiger partial charge in [-0.05, 0) is 31.0 Å². The summed E-state index contributed by atoms with van der Waals surface area (Å²) in [6, 6.07) is 7.23. The fraction of sp³-hybridized carbons (Fsp3) is 0.533. The van der Waals surface area contributed by atoms with E-state index >= 15 is 0 Å². The number of hydrogen-bond acceptors (Lipinski definition) is 3. The van der Waals surface area contributed by atoms with Crippen molar-refractivity contribution >= 4 is 21.8 Å². The Balaban J connectivity index is 1.80. The Morgan fingerprint density at radius 1 is 1.35 bits per heavy atom. The van der Waals surface area contributed by atoms with Gasteiger partial charge in [0.15, 0.2) is 6.61 Å². The monoisotopic (exact) mass is 341 g/mol. The minimum atomic E-state index is -0.438. The van der Waals surface area contributed by atoms with Crippen molar-refractivity contribution in [2.75, 3.05) is 6.61 Å². The first-order valence-electron chi connectivity index (χ1n) is 7.01. The largest absolute Gasteiger partial charge is 0.484 e. The van der Waals surface area contributed by atoms with Crippen LogP contribution in [0.5, 0.6) is 5.75 Å². The third kappa shape index (κ3) is 4.80. The summed E-state index contributed by atoms with van der Waals surface area (Å²) >= 11 is 3.35. The van der Waals surface area contributed by atoms with Crippen molar-refractivity contribution in [3.63, 3.8) is 0 Å². The Kier molecular flexibility index (Phi) is 5.86. The molecule has 1 amide bonds. The third-order valence-electron chi connectivity index (χ3n) is 3.49. The fourth-order valence-electron chi connectivity index (χ4n) is 2.41. The van der Waals surface area contributed by atoms with Crippen LogP contribution in [0.15, 0.2) is 28.7 Å². The predicted octanol–water partition coefficient (Wildman–Crippen LogP) is 2.64. The van der Waals surface area contributed by atoms with E-state index in [0.717, 1.165) is 36.6 Å². The van der Waals surface area contributed by atoms with Crippen LogP contribution in [0.1, 0.15) is 32.1 Å². The molecule has 2 rings (SSSR count). The molecule has 4 nitrogen and oxygen atoms in total. The lowest BCUT2D eigenvalue weighted by atomic mass is 10.1. The second kappa shape index (κ2) is 7.64. The molecule has 0 spiro atoms. The SMILES string of the molecule is O=C(COc1cccc(Br)c1)NC1CCCCCC1O. The van der Waals surface area contributed by atoms with Crippen LogP contribution < -0.4 is 10.1 Å². The Labute approximate surface area is 127 Å². The van der Waals surface area contributed by atoms with Crippen LogP contribution in [0.3, 0.4) is 0 Å². The maximum absolute atomic E-state index is 11.9. The molecule has 1 aromatic rings. The van der Waals surface area contributed by atoms with Crippen molar-refractivity contribution in [3.05, 3.63) is 28.7 Å². The summed E-state index contributed by atoms with van der Waals surface area (Å²) in [6.45, 7) is -0.0281. The molecule has 2 unspecified atom stereocenters. The fourth-order valence-corrected chi connectivity index (χ4v) is 2.79. The van der Waals surface area contributed by atoms with Gasteiger partial charge in [0, 0.05) is 4.47 Å². The molecule has 0 heterocycles. The lowest BCUT2D eigenvalue weighted by Gasteiger charge is -2.21. The highest BCUT2D eigenvalue weighted by Gasteiger charge is 2.23. The van der Waals surface area contributed by atoms with E-state index in [1.54, 1.807) is 6.07 Å². The van der Waals surface area contributed by atoms with Gasteiger partial charge >= 0.3 is 0 Å². The Hall–Kier alpha value is -1.07. The molecule has 1 aliphatic rings. The Morgan fingerprint density at radius 3 is 2.95 bits per heavy atom. The van der Waals surface area contributed by atoms with Gasteiger partial charge in [-0.2, -0.15) is 0 Å². The van der Waals surface area contributed by atoms with Gasteiger partial charge in [-0.15, -0.1) is 0 Å². The highest BCUT2D eigenvalue weighted by atomic mass is 79.9. The van der Waals surface area contributed by atoms with E-state index in [0.29, 0.717) is 5.75 Å². The zero-order chi connectivity index (χ0) is 14.4. The number of amides is 1. The van der Waals surface area contributed by atoms with Gasteiger partial charge in [0.05, 0.1) is 12.1 Å². The van der Waals surface area contributed by atoms with Crippen molar-refractivity contribution in [3.8, 4) is 5.75 Å². The molecule has 2 atom stereocenters. The molecule has 0 saturated heterocycles. The summed E-state index contributed by atoms with van der Waals surface area (Å²) in [7, 11) is 0. The molecule has 2 N–H and O–H groups in total. The average Bonchev–Trinajstić information content (AvgIpc) is 2.62. The lowest BCUT2D eigenvalue weighted by molar-refractivity contribution is -0.124. The molecule has 0 radical (unpaired) electrons. The maximum atomic E-state index is 11.9. The molecule has 5 heteroatoms. The van der Waals surface area contributed by atoms with Crippen LogP contribution in [0.2, 0.25) is 0 Å². The summed E-state index contributed by atoms with van der Waals surface area (Å²) in [5, 5.41) is 12.8. The van der Waals surface area contributed by atoms with Crippen molar-refractivity contribution in [2.24, 2.45) is 0 Å². The standard InChI is InChI=1S/C15H20BrNO3/c16-11-5-4-6-12(9-11)20-10-15(19)17-13-7-2-1-3-8-14(13)18/h4-6,9,13-14,18H,1-3,7-8,10H2,(H,17,19). The zero-order valence-corrected chi connectivity index (χ0v) is 12.9. The van der Waals surface area contributed by atoms with Crippen LogP contribution in [0, 0.1) is 0 Å². The normalized spacial score (nSPS) is 22.9. The van der Waals surface area contributed by atoms with Crippen LogP contribution in [-0.4, -0.2) is 29.8 Å². The van der Waals surface area contributed by atoms with Crippen molar-refractivity contribution in [1.82, 2.24) is 5.32 Å². The first kappa shape index (κ1) is 15.3. The number of aliphatic hydroxyl groups excluding tert-OH is 1. The van der Waals surface area contributed by atoms with Crippen LogP contribution in [0.4, 0.5) is 0 Å². The lowest BCUT2D eigenvalue weighted by Crippen LogP contribution is -2.44. The number of hydrogen-bond donors (Lipinski definition) is 2. The number of rotatable bonds is 4. The Bertz CT molecular complexity index is 452. The van der Waals surface area contributed by atoms with Gasteiger partial charge in [-0.25, -0.2) is 0 Å². The molecule has 1 aliphatic carbocycles. The topological polar surface area (TPSA) is 58.6 Å². The van der Waals surface area contributed by atoms with E-state index in [2.05, 4.69) is 21.2 Å². The number of halogens is 1. The number of benzene rings is 1. The number of carbonyl (C=O) groups excluding carboxylic acids is 1. The van der Waals surface area contributed by atoms with Crippen LogP contribution in [0.25, 0.3) is 0 Å². The summed E-state index contributed by atoms with van der Waals surface area (Å²) in [6.07, 6.45) is 4.36. The molecule has 1 saturated carbocycles. The molecular weight excluding hydrogens is 322 g/mol. The number of aliphatic hydroxyl groups is 1. The first-order chi connectivity index (χ1) is 9.65. The van der Waals surface area contributed by atoms with Gasteiger partial charge < -0.3 is 15.2 Å². The van der Waals surface area contributed by atoms with E-state index in [1.165, 1.54) is 0 Å². The summed E-state index contributed by atoms with van der Waals surface area (Å²) in [5.41, 5.74) is 0. The number of carbonyl (C=O) groups is 1. The molecular formula is C15H20BrNO3. The van der Waals surface area contributed by atoms with E-state index in [9.17, 15) is 9.90 Å². The van der Waals surface area contributed by atoms with E-state index in [-0.39, 0.29) is 18.6 Å². The van der Waals surface area contributed by atoms with Gasteiger partial charge in [0.25, 0.3) is 5.91 Å². The molecule has 0 bridgehead atoms. The molecule has 1 aromatic carbocycles. The van der Waals surface area contributed by atoms with Gasteiger partial charge in [-0.1, -0.05) is 41.3 Å². The molecule has 110 valence electrons. The molecule has 0 aliphatic heterocycles. The van der Waals surface area contributed by atoms with Crippen molar-refractivity contribution in [1.29, 1.82) is 0 Å². The summed E-state index contributed by atoms with van der Waals surface area (Å²) in [4.78, 5) is 11.9. The molecule has 1 fully saturated rings. The van der Waals surface area contributed by atoms with Crippen molar-refractivity contribution in [2.45, 2.75) is 44.2 Å². The first-order valence-corrected chi connectivity index (χ1v) is 7.80. The van der Waals surface area contributed by atoms with E-state index in [1.807, 2.05) is 18.2 Å². The molecule has 20 heavy (non-hydrogen) atoms. The highest BCUT2D eigenvalue weighted by Crippen LogP contribution is 2.19. The van der Waals surface area contributed by atoms with Crippen LogP contribution in [-0.2, 0) is 4.79 Å². The van der Waals surface area contributed by atoms with Crippen LogP contribution >= 0.6 is 15.9 Å². The summed E-state index contributed by atoms with van der Waals surface area (Å²) < 4.78 is 6.34. The maximum Gasteiger partial charge on any atom is 0.258 e. The second-order valence-corrected chi connectivity index (χ2v) is 6.04. The smallest absolute Gasteiger partial charge is 0.258 e.